The number of hydrogen-bond acceptors (Lipinski definition) is 3. The molecule has 3 unspecified atom stereocenters. The first-order valence-corrected chi connectivity index (χ1v) is 7.82. The Labute approximate surface area is 143 Å². The molecule has 1 fully saturated rings. The fraction of sp³-hybridized carbons (Fsp3) is 0.588. The van der Waals surface area contributed by atoms with E-state index in [1.165, 1.54) is 12.1 Å². The fourth-order valence-corrected chi connectivity index (χ4v) is 2.97. The molecule has 4 nitrogen and oxygen atoms in total. The van der Waals surface area contributed by atoms with E-state index >= 15 is 0 Å². The Balaban J connectivity index is 0.00000264. The molecular formula is C17H26ClFN2O2. The zero-order chi connectivity index (χ0) is 16.3. The molecule has 2 N–H and O–H groups in total. The van der Waals surface area contributed by atoms with Gasteiger partial charge >= 0.3 is 0 Å². The number of carbonyl (C=O) groups excluding carboxylic acids is 1. The molecule has 0 spiro atoms. The van der Waals surface area contributed by atoms with Gasteiger partial charge < -0.3 is 15.4 Å². The highest BCUT2D eigenvalue weighted by molar-refractivity contribution is 5.86. The van der Waals surface area contributed by atoms with Crippen molar-refractivity contribution >= 4 is 18.3 Å². The molecule has 1 aliphatic heterocycles. The van der Waals surface area contributed by atoms with E-state index in [1.54, 1.807) is 24.0 Å². The van der Waals surface area contributed by atoms with E-state index in [2.05, 4.69) is 0 Å². The highest BCUT2D eigenvalue weighted by Crippen LogP contribution is 2.27. The summed E-state index contributed by atoms with van der Waals surface area (Å²) in [5.41, 5.74) is 6.20. The van der Waals surface area contributed by atoms with Crippen LogP contribution < -0.4 is 5.73 Å². The maximum atomic E-state index is 13.1. The minimum absolute atomic E-state index is 0. The summed E-state index contributed by atoms with van der Waals surface area (Å²) in [7, 11) is 0. The molecule has 1 aromatic carbocycles. The van der Waals surface area contributed by atoms with Gasteiger partial charge in [0.1, 0.15) is 11.9 Å². The monoisotopic (exact) mass is 344 g/mol. The van der Waals surface area contributed by atoms with Gasteiger partial charge in [0.25, 0.3) is 0 Å². The highest BCUT2D eigenvalue weighted by Gasteiger charge is 2.36. The third-order valence-electron chi connectivity index (χ3n) is 4.05. The summed E-state index contributed by atoms with van der Waals surface area (Å²) in [6, 6.07) is 6.23. The lowest BCUT2D eigenvalue weighted by atomic mass is 9.94. The topological polar surface area (TPSA) is 55.6 Å². The number of benzene rings is 1. The molecule has 0 saturated carbocycles. The smallest absolute Gasteiger partial charge is 0.242 e. The Morgan fingerprint density at radius 1 is 1.39 bits per heavy atom. The van der Waals surface area contributed by atoms with E-state index in [-0.39, 0.29) is 36.3 Å². The molecule has 1 aliphatic rings. The summed E-state index contributed by atoms with van der Waals surface area (Å²) in [4.78, 5) is 14.4. The van der Waals surface area contributed by atoms with E-state index in [4.69, 9.17) is 10.5 Å². The van der Waals surface area contributed by atoms with E-state index in [9.17, 15) is 9.18 Å². The average molecular weight is 345 g/mol. The number of amides is 1. The van der Waals surface area contributed by atoms with Crippen LogP contribution in [0.1, 0.15) is 45.3 Å². The van der Waals surface area contributed by atoms with E-state index < -0.39 is 5.54 Å². The van der Waals surface area contributed by atoms with Crippen molar-refractivity contribution in [2.24, 2.45) is 5.73 Å². The number of morpholine rings is 1. The minimum Gasteiger partial charge on any atom is -0.367 e. The van der Waals surface area contributed by atoms with Crippen molar-refractivity contribution in [1.82, 2.24) is 4.90 Å². The van der Waals surface area contributed by atoms with Crippen LogP contribution in [0.15, 0.2) is 24.3 Å². The Kier molecular flexibility index (Phi) is 6.99. The summed E-state index contributed by atoms with van der Waals surface area (Å²) in [6.07, 6.45) is 1.19. The molecule has 1 amide bonds. The van der Waals surface area contributed by atoms with E-state index in [0.717, 1.165) is 12.0 Å². The van der Waals surface area contributed by atoms with Gasteiger partial charge in [0.2, 0.25) is 5.91 Å². The van der Waals surface area contributed by atoms with Crippen molar-refractivity contribution in [2.75, 3.05) is 13.1 Å². The second-order valence-corrected chi connectivity index (χ2v) is 6.36. The number of rotatable bonds is 4. The van der Waals surface area contributed by atoms with Gasteiger partial charge in [0.05, 0.1) is 18.2 Å². The summed E-state index contributed by atoms with van der Waals surface area (Å²) < 4.78 is 19.0. The molecule has 1 aromatic rings. The van der Waals surface area contributed by atoms with Crippen LogP contribution in [0.2, 0.25) is 0 Å². The van der Waals surface area contributed by atoms with Gasteiger partial charge in [0, 0.05) is 6.54 Å². The lowest BCUT2D eigenvalue weighted by molar-refractivity contribution is -0.150. The Hall–Kier alpha value is -1.17. The first-order valence-electron chi connectivity index (χ1n) is 7.82. The lowest BCUT2D eigenvalue weighted by Crippen LogP contribution is -2.57. The van der Waals surface area contributed by atoms with Crippen LogP contribution in [-0.4, -0.2) is 35.5 Å². The van der Waals surface area contributed by atoms with Gasteiger partial charge in [-0.05, 0) is 38.0 Å². The van der Waals surface area contributed by atoms with Gasteiger partial charge in [-0.25, -0.2) is 4.39 Å². The van der Waals surface area contributed by atoms with Crippen molar-refractivity contribution < 1.29 is 13.9 Å². The molecule has 0 radical (unpaired) electrons. The second kappa shape index (κ2) is 8.08. The Morgan fingerprint density at radius 3 is 2.57 bits per heavy atom. The normalized spacial score (nSPS) is 23.8. The number of nitrogens with zero attached hydrogens (tertiary/aromatic N) is 1. The molecule has 3 atom stereocenters. The molecule has 0 bridgehead atoms. The van der Waals surface area contributed by atoms with E-state index in [1.807, 2.05) is 13.8 Å². The highest BCUT2D eigenvalue weighted by atomic mass is 35.5. The number of halogens is 2. The molecule has 0 aromatic heterocycles. The SMILES string of the molecule is CCCC(C)(N)C(=O)N1CC(C)OC(c2ccc(F)cc2)C1.Cl. The van der Waals surface area contributed by atoms with Crippen molar-refractivity contribution in [3.05, 3.63) is 35.6 Å². The summed E-state index contributed by atoms with van der Waals surface area (Å²) in [6.45, 7) is 6.72. The third kappa shape index (κ3) is 4.90. The van der Waals surface area contributed by atoms with Crippen LogP contribution in [0, 0.1) is 5.82 Å². The Bertz CT molecular complexity index is 522. The van der Waals surface area contributed by atoms with Crippen LogP contribution in [0.5, 0.6) is 0 Å². The second-order valence-electron chi connectivity index (χ2n) is 6.36. The van der Waals surface area contributed by atoms with Gasteiger partial charge in [0.15, 0.2) is 0 Å². The minimum atomic E-state index is -0.848. The van der Waals surface area contributed by atoms with Crippen molar-refractivity contribution in [3.8, 4) is 0 Å². The summed E-state index contributed by atoms with van der Waals surface area (Å²) in [5.74, 6) is -0.324. The molecule has 6 heteroatoms. The van der Waals surface area contributed by atoms with Gasteiger partial charge in [-0.2, -0.15) is 0 Å². The van der Waals surface area contributed by atoms with Gasteiger partial charge in [-0.15, -0.1) is 12.4 Å². The average Bonchev–Trinajstić information content (AvgIpc) is 2.46. The van der Waals surface area contributed by atoms with Crippen LogP contribution in [0.4, 0.5) is 4.39 Å². The largest absolute Gasteiger partial charge is 0.367 e. The molecule has 23 heavy (non-hydrogen) atoms. The molecular weight excluding hydrogens is 319 g/mol. The Morgan fingerprint density at radius 2 is 2.00 bits per heavy atom. The van der Waals surface area contributed by atoms with Crippen molar-refractivity contribution in [3.63, 3.8) is 0 Å². The van der Waals surface area contributed by atoms with Crippen LogP contribution in [0.3, 0.4) is 0 Å². The zero-order valence-corrected chi connectivity index (χ0v) is 14.7. The number of carbonyl (C=O) groups is 1. The molecule has 1 saturated heterocycles. The third-order valence-corrected chi connectivity index (χ3v) is 4.05. The predicted octanol–water partition coefficient (Wildman–Crippen LogP) is 3.05. The molecule has 0 aliphatic carbocycles. The number of nitrogens with two attached hydrogens (primary N) is 1. The number of hydrogen-bond donors (Lipinski definition) is 1. The van der Waals surface area contributed by atoms with Gasteiger partial charge in [-0.3, -0.25) is 4.79 Å². The molecule has 130 valence electrons. The molecule has 1 heterocycles. The van der Waals surface area contributed by atoms with Gasteiger partial charge in [-0.1, -0.05) is 25.5 Å². The fourth-order valence-electron chi connectivity index (χ4n) is 2.97. The van der Waals surface area contributed by atoms with Crippen LogP contribution in [-0.2, 0) is 9.53 Å². The molecule has 2 rings (SSSR count). The maximum absolute atomic E-state index is 13.1. The maximum Gasteiger partial charge on any atom is 0.242 e. The quantitative estimate of drug-likeness (QED) is 0.913. The number of ether oxygens (including phenoxy) is 1. The zero-order valence-electron chi connectivity index (χ0n) is 13.9. The predicted molar refractivity (Wildman–Crippen MR) is 91.0 cm³/mol. The summed E-state index contributed by atoms with van der Waals surface area (Å²) >= 11 is 0. The van der Waals surface area contributed by atoms with Crippen LogP contribution >= 0.6 is 12.4 Å². The summed E-state index contributed by atoms with van der Waals surface area (Å²) in [5, 5.41) is 0. The van der Waals surface area contributed by atoms with Crippen molar-refractivity contribution in [1.29, 1.82) is 0 Å². The first-order chi connectivity index (χ1) is 10.3. The lowest BCUT2D eigenvalue weighted by Gasteiger charge is -2.40. The first kappa shape index (κ1) is 19.9. The van der Waals surface area contributed by atoms with Crippen LogP contribution in [0.25, 0.3) is 0 Å². The standard InChI is InChI=1S/C17H25FN2O2.ClH/c1-4-9-17(3,19)16(21)20-10-12(2)22-15(11-20)13-5-7-14(18)8-6-13;/h5-8,12,15H,4,9-11,19H2,1-3H3;1H. The van der Waals surface area contributed by atoms with E-state index in [0.29, 0.717) is 19.5 Å². The van der Waals surface area contributed by atoms with Crippen molar-refractivity contribution in [2.45, 2.75) is 51.4 Å².